The summed E-state index contributed by atoms with van der Waals surface area (Å²) in [4.78, 5) is 12.3. The van der Waals surface area contributed by atoms with E-state index in [9.17, 15) is 4.79 Å². The molecule has 0 saturated carbocycles. The molecule has 1 amide bonds. The van der Waals surface area contributed by atoms with Gasteiger partial charge in [-0.2, -0.15) is 0 Å². The number of hydrogen-bond acceptors (Lipinski definition) is 2. The van der Waals surface area contributed by atoms with Crippen LogP contribution in [0.15, 0.2) is 25.1 Å². The summed E-state index contributed by atoms with van der Waals surface area (Å²) in [5.74, 6) is -0.196. The molecular formula is C7H12N2O. The highest BCUT2D eigenvalue weighted by Crippen LogP contribution is 1.73. The van der Waals surface area contributed by atoms with Crippen LogP contribution in [0.2, 0.25) is 0 Å². The lowest BCUT2D eigenvalue weighted by Crippen LogP contribution is -2.14. The number of hydrogen-bond donors (Lipinski definition) is 1. The molecule has 0 aliphatic rings. The summed E-state index contributed by atoms with van der Waals surface area (Å²) in [5.41, 5.74) is 0. The molecule has 10 heavy (non-hydrogen) atoms. The van der Waals surface area contributed by atoms with E-state index in [2.05, 4.69) is 11.9 Å². The molecule has 0 unspecified atom stereocenters. The Labute approximate surface area is 61.0 Å². The monoisotopic (exact) mass is 140 g/mol. The minimum atomic E-state index is -0.196. The van der Waals surface area contributed by atoms with Gasteiger partial charge in [-0.1, -0.05) is 6.58 Å². The molecule has 0 fully saturated rings. The quantitative estimate of drug-likeness (QED) is 0.573. The van der Waals surface area contributed by atoms with Gasteiger partial charge in [-0.15, -0.1) is 0 Å². The molecule has 0 bridgehead atoms. The molecule has 1 N–H and O–H groups in total. The molecule has 0 saturated heterocycles. The third-order valence-electron chi connectivity index (χ3n) is 0.784. The van der Waals surface area contributed by atoms with Crippen molar-refractivity contribution >= 4 is 5.91 Å². The van der Waals surface area contributed by atoms with Crippen LogP contribution in [0.4, 0.5) is 0 Å². The molecule has 0 radical (unpaired) electrons. The van der Waals surface area contributed by atoms with Crippen molar-refractivity contribution in [2.75, 3.05) is 14.1 Å². The summed E-state index contributed by atoms with van der Waals surface area (Å²) in [6.45, 7) is 3.30. The molecule has 3 heteroatoms. The summed E-state index contributed by atoms with van der Waals surface area (Å²) in [5, 5.41) is 2.48. The van der Waals surface area contributed by atoms with Gasteiger partial charge in [0.1, 0.15) is 0 Å². The summed E-state index contributed by atoms with van der Waals surface area (Å²) < 4.78 is 0. The fourth-order valence-corrected chi connectivity index (χ4v) is 0.327. The van der Waals surface area contributed by atoms with Crippen molar-refractivity contribution in [2.45, 2.75) is 0 Å². The Bertz CT molecular complexity index is 150. The van der Waals surface area contributed by atoms with Gasteiger partial charge in [-0.25, -0.2) is 0 Å². The van der Waals surface area contributed by atoms with Gasteiger partial charge in [0.25, 0.3) is 0 Å². The van der Waals surface area contributed by atoms with Gasteiger partial charge < -0.3 is 10.2 Å². The van der Waals surface area contributed by atoms with Crippen LogP contribution in [-0.2, 0) is 4.79 Å². The zero-order chi connectivity index (χ0) is 7.98. The van der Waals surface area contributed by atoms with Crippen molar-refractivity contribution < 1.29 is 4.79 Å². The smallest absolute Gasteiger partial charge is 0.247 e. The van der Waals surface area contributed by atoms with Gasteiger partial charge in [-0.3, -0.25) is 4.79 Å². The van der Waals surface area contributed by atoms with E-state index in [1.165, 1.54) is 6.08 Å². The Morgan fingerprint density at radius 2 is 2.20 bits per heavy atom. The number of rotatable bonds is 3. The number of carbonyl (C=O) groups excluding carboxylic acids is 1. The molecule has 0 rings (SSSR count). The molecule has 0 aromatic carbocycles. The number of amides is 1. The first-order chi connectivity index (χ1) is 4.66. The summed E-state index contributed by atoms with van der Waals surface area (Å²) in [7, 11) is 3.74. The Kier molecular flexibility index (Phi) is 4.04. The number of carbonyl (C=O) groups is 1. The van der Waals surface area contributed by atoms with Crippen LogP contribution < -0.4 is 5.32 Å². The van der Waals surface area contributed by atoms with E-state index in [1.807, 2.05) is 19.0 Å². The maximum Gasteiger partial charge on any atom is 0.247 e. The molecular weight excluding hydrogens is 128 g/mol. The van der Waals surface area contributed by atoms with Crippen molar-refractivity contribution in [1.82, 2.24) is 10.2 Å². The Hall–Kier alpha value is -1.25. The van der Waals surface area contributed by atoms with Gasteiger partial charge >= 0.3 is 0 Å². The SMILES string of the molecule is C=CC(=O)N/C=C/N(C)C. The van der Waals surface area contributed by atoms with Crippen LogP contribution in [0.5, 0.6) is 0 Å². The second-order valence-electron chi connectivity index (χ2n) is 1.99. The number of nitrogens with zero attached hydrogens (tertiary/aromatic N) is 1. The van der Waals surface area contributed by atoms with Crippen LogP contribution in [0.25, 0.3) is 0 Å². The van der Waals surface area contributed by atoms with Crippen molar-refractivity contribution in [1.29, 1.82) is 0 Å². The van der Waals surface area contributed by atoms with E-state index < -0.39 is 0 Å². The third kappa shape index (κ3) is 4.90. The van der Waals surface area contributed by atoms with E-state index in [4.69, 9.17) is 0 Å². The lowest BCUT2D eigenvalue weighted by atomic mass is 10.6. The second kappa shape index (κ2) is 4.61. The summed E-state index contributed by atoms with van der Waals surface area (Å²) >= 11 is 0. The minimum Gasteiger partial charge on any atom is -0.382 e. The predicted octanol–water partition coefficient (Wildman–Crippen LogP) is 0.321. The maximum absolute atomic E-state index is 10.5. The van der Waals surface area contributed by atoms with Crippen LogP contribution in [-0.4, -0.2) is 24.9 Å². The fraction of sp³-hybridized carbons (Fsp3) is 0.286. The standard InChI is InChI=1S/C7H12N2O/c1-4-7(10)8-5-6-9(2)3/h4-6H,1H2,2-3H3,(H,8,10)/b6-5+. The molecule has 56 valence electrons. The summed E-state index contributed by atoms with van der Waals surface area (Å²) in [6, 6.07) is 0. The lowest BCUT2D eigenvalue weighted by molar-refractivity contribution is -0.115. The average Bonchev–Trinajstić information content (AvgIpc) is 1.87. The van der Waals surface area contributed by atoms with E-state index in [0.29, 0.717) is 0 Å². The highest BCUT2D eigenvalue weighted by Gasteiger charge is 1.84. The van der Waals surface area contributed by atoms with E-state index in [-0.39, 0.29) is 5.91 Å². The highest BCUT2D eigenvalue weighted by molar-refractivity contribution is 5.87. The van der Waals surface area contributed by atoms with Gasteiger partial charge in [0.15, 0.2) is 0 Å². The van der Waals surface area contributed by atoms with Gasteiger partial charge in [-0.05, 0) is 6.08 Å². The van der Waals surface area contributed by atoms with Crippen LogP contribution in [0, 0.1) is 0 Å². The van der Waals surface area contributed by atoms with E-state index in [1.54, 1.807) is 12.4 Å². The zero-order valence-electron chi connectivity index (χ0n) is 6.29. The van der Waals surface area contributed by atoms with Crippen LogP contribution in [0.1, 0.15) is 0 Å². The van der Waals surface area contributed by atoms with Crippen molar-refractivity contribution in [2.24, 2.45) is 0 Å². The van der Waals surface area contributed by atoms with Crippen molar-refractivity contribution in [3.63, 3.8) is 0 Å². The third-order valence-corrected chi connectivity index (χ3v) is 0.784. The largest absolute Gasteiger partial charge is 0.382 e. The predicted molar refractivity (Wildman–Crippen MR) is 41.2 cm³/mol. The molecule has 0 heterocycles. The molecule has 0 aliphatic carbocycles. The summed E-state index contributed by atoms with van der Waals surface area (Å²) in [6.07, 6.45) is 4.52. The van der Waals surface area contributed by atoms with Gasteiger partial charge in [0.05, 0.1) is 0 Å². The van der Waals surface area contributed by atoms with E-state index >= 15 is 0 Å². The van der Waals surface area contributed by atoms with Gasteiger partial charge in [0, 0.05) is 26.5 Å². The first-order valence-corrected chi connectivity index (χ1v) is 2.93. The topological polar surface area (TPSA) is 32.3 Å². The van der Waals surface area contributed by atoms with Gasteiger partial charge in [0.2, 0.25) is 5.91 Å². The van der Waals surface area contributed by atoms with E-state index in [0.717, 1.165) is 0 Å². The normalized spacial score (nSPS) is 9.40. The Morgan fingerprint density at radius 3 is 2.60 bits per heavy atom. The highest BCUT2D eigenvalue weighted by atomic mass is 16.1. The van der Waals surface area contributed by atoms with Crippen LogP contribution in [0.3, 0.4) is 0 Å². The molecule has 0 aromatic rings. The lowest BCUT2D eigenvalue weighted by Gasteiger charge is -2.02. The molecule has 0 aromatic heterocycles. The minimum absolute atomic E-state index is 0.196. The second-order valence-corrected chi connectivity index (χ2v) is 1.99. The molecule has 0 spiro atoms. The first-order valence-electron chi connectivity index (χ1n) is 2.93. The molecule has 0 aliphatic heterocycles. The Morgan fingerprint density at radius 1 is 1.60 bits per heavy atom. The first kappa shape index (κ1) is 8.75. The average molecular weight is 140 g/mol. The molecule has 0 atom stereocenters. The Balaban J connectivity index is 3.53. The van der Waals surface area contributed by atoms with Crippen molar-refractivity contribution in [3.05, 3.63) is 25.1 Å². The molecule has 3 nitrogen and oxygen atoms in total. The maximum atomic E-state index is 10.5. The zero-order valence-corrected chi connectivity index (χ0v) is 6.29. The number of nitrogens with one attached hydrogen (secondary N) is 1. The fourth-order valence-electron chi connectivity index (χ4n) is 0.327. The van der Waals surface area contributed by atoms with Crippen molar-refractivity contribution in [3.8, 4) is 0 Å². The van der Waals surface area contributed by atoms with Crippen LogP contribution >= 0.6 is 0 Å².